The van der Waals surface area contributed by atoms with Crippen LogP contribution in [0.4, 0.5) is 0 Å². The van der Waals surface area contributed by atoms with Crippen LogP contribution >= 0.6 is 0 Å². The lowest BCUT2D eigenvalue weighted by Crippen LogP contribution is -2.42. The number of pyridine rings is 1. The number of rotatable bonds is 5. The Hall–Kier alpha value is -3.96. The predicted octanol–water partition coefficient (Wildman–Crippen LogP) is 7.74. The summed E-state index contributed by atoms with van der Waals surface area (Å²) >= 11 is 0. The molecule has 3 aromatic carbocycles. The maximum atomic E-state index is 13.6. The molecule has 41 heavy (non-hydrogen) atoms. The van der Waals surface area contributed by atoms with Gasteiger partial charge in [-0.3, -0.25) is 4.79 Å². The van der Waals surface area contributed by atoms with E-state index in [1.165, 1.54) is 54.3 Å². The van der Waals surface area contributed by atoms with Crippen LogP contribution in [0.5, 0.6) is 0 Å². The number of aromatic nitrogens is 2. The average molecular weight is 544 g/mol. The van der Waals surface area contributed by atoms with Gasteiger partial charge in [-0.2, -0.15) is 0 Å². The highest BCUT2D eigenvalue weighted by Crippen LogP contribution is 2.44. The van der Waals surface area contributed by atoms with Crippen molar-refractivity contribution >= 4 is 27.7 Å². The zero-order valence-corrected chi connectivity index (χ0v) is 23.8. The van der Waals surface area contributed by atoms with Crippen LogP contribution in [-0.4, -0.2) is 46.7 Å². The summed E-state index contributed by atoms with van der Waals surface area (Å²) in [5, 5.41) is 2.40. The number of hydrogen-bond acceptors (Lipinski definition) is 3. The van der Waals surface area contributed by atoms with Gasteiger partial charge in [0.15, 0.2) is 0 Å². The highest BCUT2D eigenvalue weighted by molar-refractivity contribution is 5.96. The standard InChI is InChI=1S/C36H37N3O2/c1-25-11-13-26(14-12-25)31-17-15-28-23-29(16-18-32(28)37-31)36-35(27-7-3-2-4-8-27)30-9-5-6-10-33(30)39(36)24-34(40)38-19-21-41-22-20-38/h5-6,9-18,23,27H,2-4,7-8,19-22,24H2,1H3. The number of carbonyl (C=O) groups is 1. The third-order valence-corrected chi connectivity index (χ3v) is 8.99. The fourth-order valence-corrected chi connectivity index (χ4v) is 6.82. The van der Waals surface area contributed by atoms with E-state index in [2.05, 4.69) is 90.4 Å². The number of aryl methyl sites for hydroxylation is 1. The molecule has 0 atom stereocenters. The lowest BCUT2D eigenvalue weighted by atomic mass is 9.82. The Morgan fingerprint density at radius 2 is 1.63 bits per heavy atom. The summed E-state index contributed by atoms with van der Waals surface area (Å²) in [5.74, 6) is 0.664. The average Bonchev–Trinajstić information content (AvgIpc) is 3.35. The van der Waals surface area contributed by atoms with Crippen molar-refractivity contribution in [1.29, 1.82) is 0 Å². The number of amides is 1. The topological polar surface area (TPSA) is 47.4 Å². The summed E-state index contributed by atoms with van der Waals surface area (Å²) in [6.07, 6.45) is 6.24. The number of hydrogen-bond donors (Lipinski definition) is 0. The Labute approximate surface area is 241 Å². The first kappa shape index (κ1) is 26.0. The molecule has 2 aromatic heterocycles. The summed E-state index contributed by atoms with van der Waals surface area (Å²) in [4.78, 5) is 20.6. The summed E-state index contributed by atoms with van der Waals surface area (Å²) in [5.41, 5.74) is 9.27. The van der Waals surface area contributed by atoms with E-state index in [-0.39, 0.29) is 5.91 Å². The summed E-state index contributed by atoms with van der Waals surface area (Å²) < 4.78 is 7.82. The zero-order valence-electron chi connectivity index (χ0n) is 23.8. The van der Waals surface area contributed by atoms with Gasteiger partial charge in [0.2, 0.25) is 5.91 Å². The fourth-order valence-electron chi connectivity index (χ4n) is 6.82. The SMILES string of the molecule is Cc1ccc(-c2ccc3cc(-c4c(C5CCCCC5)c5ccccc5n4CC(=O)N4CCOCC4)ccc3n2)cc1. The molecule has 2 aliphatic rings. The van der Waals surface area contributed by atoms with Gasteiger partial charge in [0.1, 0.15) is 6.54 Å². The van der Waals surface area contributed by atoms with Crippen LogP contribution in [0.2, 0.25) is 0 Å². The molecule has 1 aliphatic heterocycles. The first-order valence-electron chi connectivity index (χ1n) is 15.1. The van der Waals surface area contributed by atoms with Crippen molar-refractivity contribution in [2.75, 3.05) is 26.3 Å². The van der Waals surface area contributed by atoms with Gasteiger partial charge in [-0.1, -0.05) is 79.4 Å². The molecule has 1 amide bonds. The molecule has 0 spiro atoms. The molecule has 208 valence electrons. The molecule has 2 fully saturated rings. The number of benzene rings is 3. The maximum Gasteiger partial charge on any atom is 0.242 e. The second-order valence-electron chi connectivity index (χ2n) is 11.7. The monoisotopic (exact) mass is 543 g/mol. The Morgan fingerprint density at radius 1 is 0.878 bits per heavy atom. The molecule has 0 N–H and O–H groups in total. The van der Waals surface area contributed by atoms with E-state index in [1.807, 2.05) is 4.90 Å². The molecule has 0 unspecified atom stereocenters. The number of carbonyl (C=O) groups excluding carboxylic acids is 1. The van der Waals surface area contributed by atoms with E-state index in [9.17, 15) is 4.79 Å². The molecule has 0 radical (unpaired) electrons. The van der Waals surface area contributed by atoms with E-state index < -0.39 is 0 Å². The molecule has 3 heterocycles. The van der Waals surface area contributed by atoms with Gasteiger partial charge >= 0.3 is 0 Å². The van der Waals surface area contributed by atoms with Gasteiger partial charge in [0, 0.05) is 34.9 Å². The predicted molar refractivity (Wildman–Crippen MR) is 166 cm³/mol. The quantitative estimate of drug-likeness (QED) is 0.228. The summed E-state index contributed by atoms with van der Waals surface area (Å²) in [7, 11) is 0. The van der Waals surface area contributed by atoms with E-state index in [0.29, 0.717) is 38.8 Å². The van der Waals surface area contributed by atoms with Gasteiger partial charge < -0.3 is 14.2 Å². The Bertz CT molecular complexity index is 1710. The molecule has 5 heteroatoms. The second kappa shape index (κ2) is 11.1. The van der Waals surface area contributed by atoms with Crippen LogP contribution in [0.3, 0.4) is 0 Å². The first-order valence-corrected chi connectivity index (χ1v) is 15.1. The largest absolute Gasteiger partial charge is 0.378 e. The van der Waals surface area contributed by atoms with Gasteiger partial charge in [-0.25, -0.2) is 4.98 Å². The van der Waals surface area contributed by atoms with Gasteiger partial charge in [0.25, 0.3) is 0 Å². The molecular weight excluding hydrogens is 506 g/mol. The van der Waals surface area contributed by atoms with Crippen LogP contribution in [0.1, 0.15) is 49.1 Å². The molecular formula is C36H37N3O2. The van der Waals surface area contributed by atoms with Crippen LogP contribution in [0.25, 0.3) is 44.3 Å². The minimum absolute atomic E-state index is 0.163. The molecule has 1 saturated carbocycles. The maximum absolute atomic E-state index is 13.6. The number of para-hydroxylation sites is 1. The number of ether oxygens (including phenoxy) is 1. The number of morpholine rings is 1. The smallest absolute Gasteiger partial charge is 0.242 e. The van der Waals surface area contributed by atoms with Gasteiger partial charge in [0.05, 0.1) is 30.1 Å². The van der Waals surface area contributed by atoms with Gasteiger partial charge in [-0.05, 0) is 61.1 Å². The van der Waals surface area contributed by atoms with Crippen LogP contribution in [-0.2, 0) is 16.1 Å². The molecule has 0 bridgehead atoms. The third kappa shape index (κ3) is 5.04. The Kier molecular flexibility index (Phi) is 7.05. The minimum Gasteiger partial charge on any atom is -0.378 e. The Balaban J connectivity index is 1.36. The number of fused-ring (bicyclic) bond motifs is 2. The summed E-state index contributed by atoms with van der Waals surface area (Å²) in [6.45, 7) is 4.99. The molecule has 5 nitrogen and oxygen atoms in total. The zero-order chi connectivity index (χ0) is 27.8. The van der Waals surface area contributed by atoms with Crippen molar-refractivity contribution in [2.24, 2.45) is 0 Å². The van der Waals surface area contributed by atoms with Crippen molar-refractivity contribution in [2.45, 2.75) is 51.5 Å². The second-order valence-corrected chi connectivity index (χ2v) is 11.7. The van der Waals surface area contributed by atoms with Crippen LogP contribution in [0, 0.1) is 6.92 Å². The van der Waals surface area contributed by atoms with Crippen molar-refractivity contribution in [1.82, 2.24) is 14.5 Å². The van der Waals surface area contributed by atoms with Crippen molar-refractivity contribution in [3.8, 4) is 22.5 Å². The van der Waals surface area contributed by atoms with Gasteiger partial charge in [-0.15, -0.1) is 0 Å². The molecule has 1 saturated heterocycles. The molecule has 7 rings (SSSR count). The first-order chi connectivity index (χ1) is 20.2. The highest BCUT2D eigenvalue weighted by Gasteiger charge is 2.28. The van der Waals surface area contributed by atoms with Crippen molar-refractivity contribution in [3.63, 3.8) is 0 Å². The van der Waals surface area contributed by atoms with Crippen LogP contribution < -0.4 is 0 Å². The number of nitrogens with zero attached hydrogens (tertiary/aromatic N) is 3. The minimum atomic E-state index is 0.163. The lowest BCUT2D eigenvalue weighted by molar-refractivity contribution is -0.135. The van der Waals surface area contributed by atoms with Crippen molar-refractivity contribution in [3.05, 3.63) is 90.0 Å². The fraction of sp³-hybridized carbons (Fsp3) is 0.333. The van der Waals surface area contributed by atoms with Crippen LogP contribution in [0.15, 0.2) is 78.9 Å². The summed E-state index contributed by atoms with van der Waals surface area (Å²) in [6, 6.07) is 28.2. The molecule has 1 aliphatic carbocycles. The van der Waals surface area contributed by atoms with E-state index >= 15 is 0 Å². The van der Waals surface area contributed by atoms with E-state index in [1.54, 1.807) is 0 Å². The van der Waals surface area contributed by atoms with Crippen molar-refractivity contribution < 1.29 is 9.53 Å². The Morgan fingerprint density at radius 3 is 2.44 bits per heavy atom. The third-order valence-electron chi connectivity index (χ3n) is 8.99. The highest BCUT2D eigenvalue weighted by atomic mass is 16.5. The molecule has 5 aromatic rings. The van der Waals surface area contributed by atoms with E-state index in [0.717, 1.165) is 33.2 Å². The van der Waals surface area contributed by atoms with E-state index in [4.69, 9.17) is 9.72 Å². The lowest BCUT2D eigenvalue weighted by Gasteiger charge is -2.28. The normalized spacial score (nSPS) is 16.5.